The summed E-state index contributed by atoms with van der Waals surface area (Å²) in [5.41, 5.74) is -1.45. The molecule has 1 aliphatic heterocycles. The lowest BCUT2D eigenvalue weighted by Crippen LogP contribution is -2.42. The van der Waals surface area contributed by atoms with Gasteiger partial charge in [-0.25, -0.2) is 14.4 Å². The SMILES string of the molecule is CCOC(=O)C1=C(C(=O)OCC)[C@@](C(=O)OC)(c2ccccc2)O[C@H]1c1c2ccccc2cc2ccccc12. The molecule has 5 rings (SSSR count). The molecule has 4 aromatic carbocycles. The van der Waals surface area contributed by atoms with Crippen molar-refractivity contribution in [2.45, 2.75) is 25.6 Å². The van der Waals surface area contributed by atoms with Gasteiger partial charge < -0.3 is 18.9 Å². The van der Waals surface area contributed by atoms with Gasteiger partial charge in [-0.2, -0.15) is 0 Å². The van der Waals surface area contributed by atoms with Crippen LogP contribution in [0.4, 0.5) is 0 Å². The molecule has 0 amide bonds. The molecular weight excluding hydrogens is 496 g/mol. The minimum absolute atomic E-state index is 0.0202. The molecule has 1 heterocycles. The molecule has 7 heteroatoms. The fraction of sp³-hybridized carbons (Fsp3) is 0.219. The minimum Gasteiger partial charge on any atom is -0.466 e. The van der Waals surface area contributed by atoms with Crippen molar-refractivity contribution in [1.82, 2.24) is 0 Å². The zero-order valence-corrected chi connectivity index (χ0v) is 21.9. The Bertz CT molecular complexity index is 1550. The Morgan fingerprint density at radius 3 is 1.87 bits per heavy atom. The summed E-state index contributed by atoms with van der Waals surface area (Å²) < 4.78 is 22.8. The van der Waals surface area contributed by atoms with Gasteiger partial charge in [-0.1, -0.05) is 78.9 Å². The van der Waals surface area contributed by atoms with Crippen LogP contribution < -0.4 is 0 Å². The van der Waals surface area contributed by atoms with Crippen LogP contribution in [0.2, 0.25) is 0 Å². The minimum atomic E-state index is -2.08. The number of methoxy groups -OCH3 is 1. The number of hydrogen-bond acceptors (Lipinski definition) is 7. The normalized spacial score (nSPS) is 18.8. The van der Waals surface area contributed by atoms with E-state index in [1.165, 1.54) is 7.11 Å². The first-order chi connectivity index (χ1) is 19.0. The summed E-state index contributed by atoms with van der Waals surface area (Å²) in [6.07, 6.45) is -1.15. The Balaban J connectivity index is 1.93. The summed E-state index contributed by atoms with van der Waals surface area (Å²) in [4.78, 5) is 41.2. The van der Waals surface area contributed by atoms with Gasteiger partial charge in [0.2, 0.25) is 5.60 Å². The molecule has 0 bridgehead atoms. The summed E-state index contributed by atoms with van der Waals surface area (Å²) in [6, 6.07) is 26.0. The second kappa shape index (κ2) is 10.7. The van der Waals surface area contributed by atoms with E-state index in [0.717, 1.165) is 21.5 Å². The summed E-state index contributed by atoms with van der Waals surface area (Å²) in [5.74, 6) is -2.49. The van der Waals surface area contributed by atoms with E-state index in [4.69, 9.17) is 18.9 Å². The van der Waals surface area contributed by atoms with Crippen molar-refractivity contribution in [3.63, 3.8) is 0 Å². The number of rotatable bonds is 7. The lowest BCUT2D eigenvalue weighted by atomic mass is 9.83. The molecule has 39 heavy (non-hydrogen) atoms. The van der Waals surface area contributed by atoms with Crippen LogP contribution in [0.5, 0.6) is 0 Å². The van der Waals surface area contributed by atoms with Gasteiger partial charge in [0.05, 0.1) is 31.5 Å². The van der Waals surface area contributed by atoms with Crippen molar-refractivity contribution in [1.29, 1.82) is 0 Å². The Kier molecular flexibility index (Phi) is 7.17. The lowest BCUT2D eigenvalue weighted by Gasteiger charge is -2.30. The van der Waals surface area contributed by atoms with Gasteiger partial charge in [0, 0.05) is 5.56 Å². The van der Waals surface area contributed by atoms with Crippen LogP contribution in [-0.4, -0.2) is 38.2 Å². The Labute approximate surface area is 225 Å². The summed E-state index contributed by atoms with van der Waals surface area (Å²) in [6.45, 7) is 3.39. The lowest BCUT2D eigenvalue weighted by molar-refractivity contribution is -0.170. The highest BCUT2D eigenvalue weighted by Crippen LogP contribution is 2.53. The molecule has 198 valence electrons. The van der Waals surface area contributed by atoms with Crippen LogP contribution in [0.3, 0.4) is 0 Å². The first-order valence-corrected chi connectivity index (χ1v) is 12.8. The topological polar surface area (TPSA) is 88.1 Å². The van der Waals surface area contributed by atoms with Gasteiger partial charge in [0.25, 0.3) is 0 Å². The van der Waals surface area contributed by atoms with Crippen LogP contribution in [0.1, 0.15) is 31.1 Å². The molecule has 2 atom stereocenters. The third-order valence-electron chi connectivity index (χ3n) is 6.88. The molecular formula is C32H28O7. The third kappa shape index (κ3) is 4.25. The van der Waals surface area contributed by atoms with Crippen molar-refractivity contribution in [3.05, 3.63) is 107 Å². The second-order valence-electron chi connectivity index (χ2n) is 9.00. The summed E-state index contributed by atoms with van der Waals surface area (Å²) >= 11 is 0. The number of ether oxygens (including phenoxy) is 4. The first-order valence-electron chi connectivity index (χ1n) is 12.8. The monoisotopic (exact) mass is 524 g/mol. The van der Waals surface area contributed by atoms with Gasteiger partial charge in [0.15, 0.2) is 0 Å². The fourth-order valence-corrected chi connectivity index (χ4v) is 5.32. The van der Waals surface area contributed by atoms with Gasteiger partial charge in [-0.15, -0.1) is 0 Å². The van der Waals surface area contributed by atoms with Crippen LogP contribution in [0.25, 0.3) is 21.5 Å². The summed E-state index contributed by atoms with van der Waals surface area (Å²) in [5, 5.41) is 3.43. The average Bonchev–Trinajstić information content (AvgIpc) is 3.33. The molecule has 0 spiro atoms. The highest BCUT2D eigenvalue weighted by atomic mass is 16.6. The standard InChI is InChI=1S/C32H28O7/c1-4-37-29(33)26-27(30(34)38-5-2)32(31(35)36-3,22-15-7-6-8-16-22)39-28(26)25-23-17-11-9-13-20(23)19-21-14-10-12-18-24(21)25/h6-19,28H,4-5H2,1-3H3/t28-,32+/m0/s1. The predicted molar refractivity (Wildman–Crippen MR) is 146 cm³/mol. The quantitative estimate of drug-likeness (QED) is 0.178. The van der Waals surface area contributed by atoms with Crippen molar-refractivity contribution >= 4 is 39.5 Å². The second-order valence-corrected chi connectivity index (χ2v) is 9.00. The maximum Gasteiger partial charge on any atom is 0.347 e. The zero-order chi connectivity index (χ0) is 27.6. The van der Waals surface area contributed by atoms with E-state index in [1.807, 2.05) is 54.6 Å². The molecule has 0 fully saturated rings. The highest BCUT2D eigenvalue weighted by molar-refractivity contribution is 6.11. The molecule has 7 nitrogen and oxygen atoms in total. The van der Waals surface area contributed by atoms with E-state index in [0.29, 0.717) is 11.1 Å². The van der Waals surface area contributed by atoms with E-state index >= 15 is 0 Å². The van der Waals surface area contributed by atoms with Crippen molar-refractivity contribution in [2.75, 3.05) is 20.3 Å². The van der Waals surface area contributed by atoms with Crippen molar-refractivity contribution < 1.29 is 33.3 Å². The van der Waals surface area contributed by atoms with Crippen LogP contribution in [-0.2, 0) is 38.9 Å². The molecule has 0 saturated heterocycles. The number of fused-ring (bicyclic) bond motifs is 2. The molecule has 0 radical (unpaired) electrons. The Morgan fingerprint density at radius 1 is 0.769 bits per heavy atom. The number of carbonyl (C=O) groups excluding carboxylic acids is 3. The average molecular weight is 525 g/mol. The zero-order valence-electron chi connectivity index (χ0n) is 21.9. The van der Waals surface area contributed by atoms with E-state index in [2.05, 4.69) is 0 Å². The first kappa shape index (κ1) is 26.1. The molecule has 4 aromatic rings. The maximum absolute atomic E-state index is 13.7. The van der Waals surface area contributed by atoms with Crippen LogP contribution in [0, 0.1) is 0 Å². The predicted octanol–water partition coefficient (Wildman–Crippen LogP) is 5.56. The molecule has 1 aliphatic rings. The van der Waals surface area contributed by atoms with Gasteiger partial charge in [-0.3, -0.25) is 0 Å². The third-order valence-corrected chi connectivity index (χ3v) is 6.88. The Morgan fingerprint density at radius 2 is 1.31 bits per heavy atom. The van der Waals surface area contributed by atoms with Gasteiger partial charge in [-0.05, 0) is 47.0 Å². The number of carbonyl (C=O) groups is 3. The molecule has 0 unspecified atom stereocenters. The van der Waals surface area contributed by atoms with Gasteiger partial charge >= 0.3 is 17.9 Å². The van der Waals surface area contributed by atoms with Gasteiger partial charge in [0.1, 0.15) is 6.10 Å². The fourth-order valence-electron chi connectivity index (χ4n) is 5.32. The van der Waals surface area contributed by atoms with Crippen LogP contribution in [0.15, 0.2) is 96.1 Å². The van der Waals surface area contributed by atoms with E-state index in [9.17, 15) is 14.4 Å². The molecule has 0 N–H and O–H groups in total. The number of hydrogen-bond donors (Lipinski definition) is 0. The van der Waals surface area contributed by atoms with E-state index < -0.39 is 29.6 Å². The summed E-state index contributed by atoms with van der Waals surface area (Å²) in [7, 11) is 1.21. The smallest absolute Gasteiger partial charge is 0.347 e. The molecule has 0 aromatic heterocycles. The highest BCUT2D eigenvalue weighted by Gasteiger charge is 2.60. The van der Waals surface area contributed by atoms with Crippen molar-refractivity contribution in [3.8, 4) is 0 Å². The maximum atomic E-state index is 13.7. The van der Waals surface area contributed by atoms with Crippen LogP contribution >= 0.6 is 0 Å². The van der Waals surface area contributed by atoms with E-state index in [1.54, 1.807) is 44.2 Å². The largest absolute Gasteiger partial charge is 0.466 e. The number of esters is 3. The Hall–Kier alpha value is -4.49. The number of benzene rings is 4. The van der Waals surface area contributed by atoms with Crippen molar-refractivity contribution in [2.24, 2.45) is 0 Å². The van der Waals surface area contributed by atoms with E-state index in [-0.39, 0.29) is 24.4 Å². The molecule has 0 saturated carbocycles. The molecule has 0 aliphatic carbocycles.